The summed E-state index contributed by atoms with van der Waals surface area (Å²) in [6.07, 6.45) is 4.30. The summed E-state index contributed by atoms with van der Waals surface area (Å²) in [5.41, 5.74) is 4.00. The highest BCUT2D eigenvalue weighted by Crippen LogP contribution is 2.42. The number of amides is 1. The van der Waals surface area contributed by atoms with Gasteiger partial charge in [-0.2, -0.15) is 0 Å². The van der Waals surface area contributed by atoms with Gasteiger partial charge in [-0.15, -0.1) is 0 Å². The van der Waals surface area contributed by atoms with Crippen molar-refractivity contribution in [3.05, 3.63) is 84.4 Å². The molecule has 6 aromatic rings. The van der Waals surface area contributed by atoms with Gasteiger partial charge >= 0.3 is 0 Å². The first-order chi connectivity index (χ1) is 19.6. The zero-order valence-corrected chi connectivity index (χ0v) is 23.7. The Kier molecular flexibility index (Phi) is 6.51. The van der Waals surface area contributed by atoms with Crippen molar-refractivity contribution in [3.63, 3.8) is 0 Å². The van der Waals surface area contributed by atoms with Crippen LogP contribution in [0.15, 0.2) is 77.5 Å². The highest BCUT2D eigenvalue weighted by atomic mass is 32.2. The zero-order chi connectivity index (χ0) is 28.9. The second kappa shape index (κ2) is 10.1. The van der Waals surface area contributed by atoms with E-state index in [4.69, 9.17) is 4.42 Å². The Balaban J connectivity index is 1.61. The van der Waals surface area contributed by atoms with Crippen LogP contribution in [-0.4, -0.2) is 49.6 Å². The summed E-state index contributed by atoms with van der Waals surface area (Å²) in [7, 11) is -0.708. The quantitative estimate of drug-likeness (QED) is 0.264. The summed E-state index contributed by atoms with van der Waals surface area (Å²) in [4.78, 5) is 27.0. The minimum atomic E-state index is -3.67. The molecule has 206 valence electrons. The van der Waals surface area contributed by atoms with Gasteiger partial charge in [-0.05, 0) is 42.0 Å². The van der Waals surface area contributed by atoms with Gasteiger partial charge in [0, 0.05) is 54.6 Å². The number of thiazole rings is 1. The van der Waals surface area contributed by atoms with Gasteiger partial charge in [0.05, 0.1) is 17.5 Å². The first-order valence-electron chi connectivity index (χ1n) is 12.3. The van der Waals surface area contributed by atoms with E-state index in [2.05, 4.69) is 20.3 Å². The van der Waals surface area contributed by atoms with Gasteiger partial charge in [0.15, 0.2) is 10.5 Å². The number of nitrogens with one attached hydrogen (secondary N) is 1. The number of aromatic nitrogens is 3. The zero-order valence-electron chi connectivity index (χ0n) is 22.0. The number of carbonyl (C=O) groups is 1. The van der Waals surface area contributed by atoms with Crippen molar-refractivity contribution in [1.29, 1.82) is 0 Å². The van der Waals surface area contributed by atoms with Gasteiger partial charge in [-0.25, -0.2) is 27.8 Å². The van der Waals surface area contributed by atoms with E-state index in [0.717, 1.165) is 11.8 Å². The molecule has 0 bridgehead atoms. The fourth-order valence-corrected chi connectivity index (χ4v) is 5.95. The normalized spacial score (nSPS) is 11.7. The average molecular weight is 588 g/mol. The lowest BCUT2D eigenvalue weighted by atomic mass is 9.97. The first-order valence-corrected chi connectivity index (χ1v) is 15.0. The molecule has 0 saturated carbocycles. The molecule has 0 aliphatic heterocycles. The molecule has 3 aromatic carbocycles. The van der Waals surface area contributed by atoms with Crippen LogP contribution in [-0.2, 0) is 10.0 Å². The van der Waals surface area contributed by atoms with Crippen molar-refractivity contribution in [2.75, 3.05) is 24.7 Å². The third kappa shape index (κ3) is 4.81. The maximum absolute atomic E-state index is 13.7. The predicted octanol–water partition coefficient (Wildman–Crippen LogP) is 5.73. The van der Waals surface area contributed by atoms with Crippen LogP contribution >= 0.6 is 11.3 Å². The summed E-state index contributed by atoms with van der Waals surface area (Å²) in [5, 5.41) is 3.83. The Bertz CT molecular complexity index is 2040. The van der Waals surface area contributed by atoms with Crippen LogP contribution in [0.5, 0.6) is 0 Å². The van der Waals surface area contributed by atoms with Crippen LogP contribution in [0, 0.1) is 5.82 Å². The van der Waals surface area contributed by atoms with E-state index in [0.29, 0.717) is 48.8 Å². The molecular formula is C29H22FN5O4S2. The number of benzene rings is 3. The molecule has 0 unspecified atom stereocenters. The van der Waals surface area contributed by atoms with Gasteiger partial charge < -0.3 is 9.73 Å². The number of carbonyl (C=O) groups excluding carboxylic acids is 1. The minimum absolute atomic E-state index is 0.243. The van der Waals surface area contributed by atoms with Gasteiger partial charge in [-0.3, -0.25) is 9.10 Å². The third-order valence-electron chi connectivity index (χ3n) is 6.67. The molecule has 0 aliphatic carbocycles. The van der Waals surface area contributed by atoms with Crippen LogP contribution in [0.3, 0.4) is 0 Å². The van der Waals surface area contributed by atoms with Gasteiger partial charge in [0.1, 0.15) is 22.2 Å². The second-order valence-corrected chi connectivity index (χ2v) is 12.3. The number of hydrogen-bond donors (Lipinski definition) is 1. The fraction of sp³-hybridized carbons (Fsp3) is 0.103. The van der Waals surface area contributed by atoms with E-state index in [1.807, 2.05) is 24.3 Å². The molecule has 3 heterocycles. The molecule has 3 aromatic heterocycles. The number of fused-ring (bicyclic) bond motifs is 2. The third-order valence-corrected chi connectivity index (χ3v) is 8.86. The molecule has 0 fully saturated rings. The van der Waals surface area contributed by atoms with Crippen LogP contribution in [0.25, 0.3) is 54.5 Å². The molecular weight excluding hydrogens is 565 g/mol. The number of nitrogens with zero attached hydrogens (tertiary/aromatic N) is 4. The van der Waals surface area contributed by atoms with E-state index in [9.17, 15) is 17.6 Å². The fourth-order valence-electron chi connectivity index (χ4n) is 4.58. The summed E-state index contributed by atoms with van der Waals surface area (Å²) < 4.78 is 46.4. The summed E-state index contributed by atoms with van der Waals surface area (Å²) >= 11 is 1.40. The molecule has 6 rings (SSSR count). The van der Waals surface area contributed by atoms with Crippen molar-refractivity contribution in [2.45, 2.75) is 0 Å². The van der Waals surface area contributed by atoms with E-state index < -0.39 is 21.7 Å². The number of hydrogen-bond acceptors (Lipinski definition) is 8. The van der Waals surface area contributed by atoms with E-state index in [1.54, 1.807) is 24.5 Å². The maximum atomic E-state index is 13.7. The van der Waals surface area contributed by atoms with E-state index in [1.165, 1.54) is 54.0 Å². The van der Waals surface area contributed by atoms with Crippen molar-refractivity contribution in [3.8, 4) is 33.0 Å². The van der Waals surface area contributed by atoms with Crippen LogP contribution in [0.4, 0.5) is 10.1 Å². The largest absolute Gasteiger partial charge is 0.455 e. The van der Waals surface area contributed by atoms with E-state index in [-0.39, 0.29) is 11.3 Å². The first kappa shape index (κ1) is 26.5. The van der Waals surface area contributed by atoms with Crippen molar-refractivity contribution < 1.29 is 22.0 Å². The molecule has 0 atom stereocenters. The minimum Gasteiger partial charge on any atom is -0.455 e. The molecule has 41 heavy (non-hydrogen) atoms. The van der Waals surface area contributed by atoms with Crippen LogP contribution in [0.1, 0.15) is 10.4 Å². The number of furan rings is 1. The Morgan fingerprint density at radius 2 is 1.73 bits per heavy atom. The predicted molar refractivity (Wildman–Crippen MR) is 158 cm³/mol. The SMILES string of the molecule is CNC(=O)c1c(-c2ccc(F)cc2)oc2cc(N(C)S(C)(=O)=O)c(-c3cccc(-c4nc5nccnc5s4)c3)cc12. The smallest absolute Gasteiger partial charge is 0.255 e. The molecule has 12 heteroatoms. The Morgan fingerprint density at radius 3 is 2.44 bits per heavy atom. The molecule has 1 amide bonds. The number of rotatable bonds is 6. The summed E-state index contributed by atoms with van der Waals surface area (Å²) in [6.45, 7) is 0. The van der Waals surface area contributed by atoms with Crippen molar-refractivity contribution in [1.82, 2.24) is 20.3 Å². The van der Waals surface area contributed by atoms with Gasteiger partial charge in [-0.1, -0.05) is 29.5 Å². The lowest BCUT2D eigenvalue weighted by molar-refractivity contribution is 0.0964. The van der Waals surface area contributed by atoms with Crippen LogP contribution < -0.4 is 9.62 Å². The number of halogens is 1. The van der Waals surface area contributed by atoms with Crippen LogP contribution in [0.2, 0.25) is 0 Å². The summed E-state index contributed by atoms with van der Waals surface area (Å²) in [5.74, 6) is -0.584. The molecule has 1 N–H and O–H groups in total. The van der Waals surface area contributed by atoms with Crippen molar-refractivity contribution >= 4 is 54.4 Å². The molecule has 0 radical (unpaired) electrons. The number of anilines is 1. The Labute approximate surface area is 238 Å². The standard InChI is InChI=1S/C29H22FN5O4S2/c1-31-27(36)24-21-14-20(17-5-4-6-18(13-17)28-34-26-29(40-28)33-12-11-32-26)22(35(2)41(3,37)38)15-23(21)39-25(24)16-7-9-19(30)10-8-16/h4-15H,1-3H3,(H,31,36). The average Bonchev–Trinajstić information content (AvgIpc) is 3.57. The lowest BCUT2D eigenvalue weighted by Gasteiger charge is -2.21. The van der Waals surface area contributed by atoms with E-state index >= 15 is 0 Å². The topological polar surface area (TPSA) is 118 Å². The highest BCUT2D eigenvalue weighted by Gasteiger charge is 2.26. The maximum Gasteiger partial charge on any atom is 0.255 e. The van der Waals surface area contributed by atoms with Gasteiger partial charge in [0.2, 0.25) is 10.0 Å². The Hall–Kier alpha value is -4.68. The van der Waals surface area contributed by atoms with Gasteiger partial charge in [0.25, 0.3) is 5.91 Å². The second-order valence-electron chi connectivity index (χ2n) is 9.27. The van der Waals surface area contributed by atoms with Crippen molar-refractivity contribution in [2.24, 2.45) is 0 Å². The molecule has 0 aliphatic rings. The summed E-state index contributed by atoms with van der Waals surface area (Å²) in [6, 6.07) is 16.5. The lowest BCUT2D eigenvalue weighted by Crippen LogP contribution is -2.25. The molecule has 0 spiro atoms. The Morgan fingerprint density at radius 1 is 1.00 bits per heavy atom. The molecule has 9 nitrogen and oxygen atoms in total. The number of sulfonamides is 1. The monoisotopic (exact) mass is 587 g/mol. The molecule has 0 saturated heterocycles. The highest BCUT2D eigenvalue weighted by molar-refractivity contribution is 7.92.